The summed E-state index contributed by atoms with van der Waals surface area (Å²) in [7, 11) is 0. The number of para-hydroxylation sites is 1. The number of hydrogen-bond acceptors (Lipinski definition) is 5. The van der Waals surface area contributed by atoms with Crippen LogP contribution >= 0.6 is 0 Å². The molecule has 0 saturated heterocycles. The molecule has 0 aliphatic rings. The van der Waals surface area contributed by atoms with Crippen molar-refractivity contribution >= 4 is 11.6 Å². The zero-order valence-corrected chi connectivity index (χ0v) is 18.2. The Balaban J connectivity index is 2.05. The van der Waals surface area contributed by atoms with Crippen LogP contribution in [0.4, 0.5) is 18.9 Å². The molecule has 1 heterocycles. The number of benzene rings is 2. The van der Waals surface area contributed by atoms with Crippen LogP contribution in [0.1, 0.15) is 35.6 Å². The van der Waals surface area contributed by atoms with Crippen molar-refractivity contribution in [3.05, 3.63) is 75.7 Å². The quantitative estimate of drug-likeness (QED) is 0.556. The Morgan fingerprint density at radius 2 is 1.76 bits per heavy atom. The van der Waals surface area contributed by atoms with Crippen molar-refractivity contribution in [2.45, 2.75) is 26.9 Å². The summed E-state index contributed by atoms with van der Waals surface area (Å²) < 4.78 is 52.4. The first-order chi connectivity index (χ1) is 15.7. The second-order valence-electron chi connectivity index (χ2n) is 6.90. The molecule has 0 radical (unpaired) electrons. The highest BCUT2D eigenvalue weighted by Crippen LogP contribution is 2.34. The lowest BCUT2D eigenvalue weighted by Gasteiger charge is -2.17. The number of alkyl halides is 3. The van der Waals surface area contributed by atoms with E-state index in [9.17, 15) is 22.8 Å². The summed E-state index contributed by atoms with van der Waals surface area (Å²) in [5.74, 6) is -0.0957. The van der Waals surface area contributed by atoms with Gasteiger partial charge in [-0.2, -0.15) is 18.3 Å². The number of aryl methyl sites for hydroxylation is 1. The van der Waals surface area contributed by atoms with E-state index in [4.69, 9.17) is 9.47 Å². The Morgan fingerprint density at radius 3 is 2.42 bits per heavy atom. The first-order valence-electron chi connectivity index (χ1n) is 10.1. The van der Waals surface area contributed by atoms with E-state index >= 15 is 0 Å². The number of carbonyl (C=O) groups excluding carboxylic acids is 1. The lowest BCUT2D eigenvalue weighted by atomic mass is 10.1. The molecule has 3 rings (SSSR count). The van der Waals surface area contributed by atoms with Gasteiger partial charge in [0.2, 0.25) is 5.43 Å². The van der Waals surface area contributed by atoms with E-state index in [1.807, 2.05) is 0 Å². The molecule has 1 amide bonds. The van der Waals surface area contributed by atoms with Crippen LogP contribution in [0, 0.1) is 6.92 Å². The molecule has 10 heteroatoms. The van der Waals surface area contributed by atoms with E-state index in [1.54, 1.807) is 26.0 Å². The van der Waals surface area contributed by atoms with Gasteiger partial charge in [-0.25, -0.2) is 4.68 Å². The zero-order chi connectivity index (χ0) is 24.2. The Kier molecular flexibility index (Phi) is 7.05. The van der Waals surface area contributed by atoms with Gasteiger partial charge in [0.1, 0.15) is 11.5 Å². The van der Waals surface area contributed by atoms with Crippen LogP contribution in [0.3, 0.4) is 0 Å². The van der Waals surface area contributed by atoms with Gasteiger partial charge in [0.25, 0.3) is 5.91 Å². The third-order valence-electron chi connectivity index (χ3n) is 4.57. The summed E-state index contributed by atoms with van der Waals surface area (Å²) in [6.07, 6.45) is -4.65. The number of anilines is 1. The number of ether oxygens (including phenoxy) is 2. The molecule has 0 aliphatic heterocycles. The predicted octanol–water partition coefficient (Wildman–Crippen LogP) is 4.61. The number of nitrogens with zero attached hydrogens (tertiary/aromatic N) is 2. The fourth-order valence-corrected chi connectivity index (χ4v) is 3.17. The maximum atomic E-state index is 13.5. The minimum absolute atomic E-state index is 0.140. The average Bonchev–Trinajstić information content (AvgIpc) is 2.75. The van der Waals surface area contributed by atoms with Crippen LogP contribution in [0.25, 0.3) is 5.69 Å². The lowest BCUT2D eigenvalue weighted by Crippen LogP contribution is -2.27. The minimum atomic E-state index is -4.65. The highest BCUT2D eigenvalue weighted by Gasteiger charge is 2.34. The Bertz CT molecular complexity index is 1220. The molecular formula is C23H22F3N3O4. The fraction of sp³-hybridized carbons (Fsp3) is 0.261. The third kappa shape index (κ3) is 5.33. The van der Waals surface area contributed by atoms with Gasteiger partial charge in [0.05, 0.1) is 30.2 Å². The van der Waals surface area contributed by atoms with Crippen LogP contribution < -0.4 is 20.2 Å². The number of rotatable bonds is 7. The van der Waals surface area contributed by atoms with Gasteiger partial charge >= 0.3 is 6.18 Å². The molecule has 0 fully saturated rings. The van der Waals surface area contributed by atoms with Gasteiger partial charge in [-0.15, -0.1) is 0 Å². The average molecular weight is 461 g/mol. The molecule has 3 aromatic rings. The molecule has 7 nitrogen and oxygen atoms in total. The van der Waals surface area contributed by atoms with E-state index in [0.29, 0.717) is 24.7 Å². The van der Waals surface area contributed by atoms with E-state index in [2.05, 4.69) is 10.4 Å². The highest BCUT2D eigenvalue weighted by atomic mass is 19.4. The first kappa shape index (κ1) is 23.8. The summed E-state index contributed by atoms with van der Waals surface area (Å²) in [5.41, 5.74) is -2.17. The van der Waals surface area contributed by atoms with E-state index < -0.39 is 28.8 Å². The Hall–Kier alpha value is -3.82. The molecule has 2 aromatic carbocycles. The van der Waals surface area contributed by atoms with Gasteiger partial charge in [0.15, 0.2) is 5.69 Å². The van der Waals surface area contributed by atoms with E-state index in [1.165, 1.54) is 31.2 Å². The monoisotopic (exact) mass is 461 g/mol. The van der Waals surface area contributed by atoms with E-state index in [-0.39, 0.29) is 17.1 Å². The zero-order valence-electron chi connectivity index (χ0n) is 18.2. The maximum Gasteiger partial charge on any atom is 0.418 e. The second kappa shape index (κ2) is 9.76. The molecule has 0 saturated carbocycles. The normalized spacial score (nSPS) is 11.2. The van der Waals surface area contributed by atoms with Crippen molar-refractivity contribution in [3.63, 3.8) is 0 Å². The molecule has 0 unspecified atom stereocenters. The first-order valence-corrected chi connectivity index (χ1v) is 10.1. The van der Waals surface area contributed by atoms with Crippen molar-refractivity contribution in [2.75, 3.05) is 18.5 Å². The maximum absolute atomic E-state index is 13.5. The molecule has 1 N–H and O–H groups in total. The molecule has 0 spiro atoms. The fourth-order valence-electron chi connectivity index (χ4n) is 3.17. The van der Waals surface area contributed by atoms with Crippen molar-refractivity contribution < 1.29 is 27.4 Å². The van der Waals surface area contributed by atoms with Crippen LogP contribution in [-0.4, -0.2) is 28.9 Å². The summed E-state index contributed by atoms with van der Waals surface area (Å²) in [6, 6.07) is 10.6. The second-order valence-corrected chi connectivity index (χ2v) is 6.90. The number of hydrogen-bond donors (Lipinski definition) is 1. The van der Waals surface area contributed by atoms with Crippen molar-refractivity contribution in [1.82, 2.24) is 9.78 Å². The molecule has 0 atom stereocenters. The molecule has 33 heavy (non-hydrogen) atoms. The smallest absolute Gasteiger partial charge is 0.418 e. The Labute approximate surface area is 187 Å². The summed E-state index contributed by atoms with van der Waals surface area (Å²) in [5, 5.41) is 6.52. The van der Waals surface area contributed by atoms with Crippen LogP contribution in [0.15, 0.2) is 53.3 Å². The number of amides is 1. The van der Waals surface area contributed by atoms with Gasteiger partial charge in [0, 0.05) is 17.8 Å². The molecule has 1 aromatic heterocycles. The van der Waals surface area contributed by atoms with Crippen LogP contribution in [-0.2, 0) is 6.18 Å². The number of aromatic nitrogens is 2. The standard InChI is InChI=1S/C23H22F3N3O4/c1-4-32-15-10-11-20(33-5-2)17(13-15)27-22(31)21-19(30)12-14(3)29(28-21)18-9-7-6-8-16(18)23(24,25)26/h6-13H,4-5H2,1-3H3,(H,27,31). The number of carbonyl (C=O) groups is 1. The topological polar surface area (TPSA) is 82.4 Å². The molecule has 0 bridgehead atoms. The van der Waals surface area contributed by atoms with Crippen molar-refractivity contribution in [1.29, 1.82) is 0 Å². The lowest BCUT2D eigenvalue weighted by molar-refractivity contribution is -0.137. The van der Waals surface area contributed by atoms with Crippen LogP contribution in [0.2, 0.25) is 0 Å². The molecule has 174 valence electrons. The third-order valence-corrected chi connectivity index (χ3v) is 4.57. The van der Waals surface area contributed by atoms with Gasteiger partial charge in [-0.05, 0) is 45.0 Å². The Morgan fingerprint density at radius 1 is 1.06 bits per heavy atom. The van der Waals surface area contributed by atoms with Gasteiger partial charge < -0.3 is 14.8 Å². The van der Waals surface area contributed by atoms with Gasteiger partial charge in [-0.3, -0.25) is 9.59 Å². The van der Waals surface area contributed by atoms with Crippen molar-refractivity contribution in [3.8, 4) is 17.2 Å². The molecule has 0 aliphatic carbocycles. The van der Waals surface area contributed by atoms with Crippen molar-refractivity contribution in [2.24, 2.45) is 0 Å². The number of nitrogens with one attached hydrogen (secondary N) is 1. The minimum Gasteiger partial charge on any atom is -0.494 e. The summed E-state index contributed by atoms with van der Waals surface area (Å²) in [4.78, 5) is 25.4. The summed E-state index contributed by atoms with van der Waals surface area (Å²) >= 11 is 0. The molecular weight excluding hydrogens is 439 g/mol. The van der Waals surface area contributed by atoms with Crippen LogP contribution in [0.5, 0.6) is 11.5 Å². The number of halogens is 3. The summed E-state index contributed by atoms with van der Waals surface area (Å²) in [6.45, 7) is 5.71. The van der Waals surface area contributed by atoms with E-state index in [0.717, 1.165) is 16.8 Å². The highest BCUT2D eigenvalue weighted by molar-refractivity contribution is 6.03. The SMILES string of the molecule is CCOc1ccc(OCC)c(NC(=O)c2nn(-c3ccccc3C(F)(F)F)c(C)cc2=O)c1. The predicted molar refractivity (Wildman–Crippen MR) is 116 cm³/mol. The van der Waals surface area contributed by atoms with Gasteiger partial charge in [-0.1, -0.05) is 12.1 Å². The largest absolute Gasteiger partial charge is 0.494 e.